The summed E-state index contributed by atoms with van der Waals surface area (Å²) in [6, 6.07) is 6.77. The molecule has 104 valence electrons. The summed E-state index contributed by atoms with van der Waals surface area (Å²) in [4.78, 5) is 22.5. The molecule has 1 heterocycles. The first kappa shape index (κ1) is 13.8. The van der Waals surface area contributed by atoms with E-state index < -0.39 is 5.97 Å². The van der Waals surface area contributed by atoms with Crippen LogP contribution in [0.25, 0.3) is 0 Å². The van der Waals surface area contributed by atoms with E-state index in [4.69, 9.17) is 14.4 Å². The number of Topliss-reactive ketones (excluding diaryl/α,β-unsaturated/α-hetero) is 1. The summed E-state index contributed by atoms with van der Waals surface area (Å²) in [6.07, 6.45) is 0. The first-order valence-corrected chi connectivity index (χ1v) is 5.92. The average Bonchev–Trinajstić information content (AvgIpc) is 2.78. The molecule has 0 fully saturated rings. The number of rotatable bonds is 5. The van der Waals surface area contributed by atoms with E-state index in [9.17, 15) is 9.59 Å². The number of ether oxygens (including phenoxy) is 1. The van der Waals surface area contributed by atoms with E-state index in [1.165, 1.54) is 6.92 Å². The highest BCUT2D eigenvalue weighted by atomic mass is 16.5. The number of aryl methyl sites for hydroxylation is 1. The highest BCUT2D eigenvalue weighted by Gasteiger charge is 2.20. The molecule has 0 saturated heterocycles. The van der Waals surface area contributed by atoms with Gasteiger partial charge >= 0.3 is 5.97 Å². The van der Waals surface area contributed by atoms with Gasteiger partial charge in [0.15, 0.2) is 11.5 Å². The van der Waals surface area contributed by atoms with Crippen molar-refractivity contribution in [3.8, 4) is 5.75 Å². The lowest BCUT2D eigenvalue weighted by molar-refractivity contribution is 0.0682. The Morgan fingerprint density at radius 3 is 2.70 bits per heavy atom. The van der Waals surface area contributed by atoms with Gasteiger partial charge in [0.2, 0.25) is 0 Å². The minimum absolute atomic E-state index is 0.0265. The smallest absolute Gasteiger partial charge is 0.358 e. The average molecular weight is 275 g/mol. The molecule has 0 radical (unpaired) electrons. The van der Waals surface area contributed by atoms with Crippen molar-refractivity contribution in [3.05, 3.63) is 46.8 Å². The largest absolute Gasteiger partial charge is 0.488 e. The van der Waals surface area contributed by atoms with Gasteiger partial charge in [-0.05, 0) is 26.0 Å². The zero-order chi connectivity index (χ0) is 14.7. The Balaban J connectivity index is 2.24. The fraction of sp³-hybridized carbons (Fsp3) is 0.214. The summed E-state index contributed by atoms with van der Waals surface area (Å²) in [5, 5.41) is 12.5. The maximum Gasteiger partial charge on any atom is 0.358 e. The third-order valence-electron chi connectivity index (χ3n) is 2.83. The molecule has 1 aromatic carbocycles. The maximum absolute atomic E-state index is 11.5. The molecule has 1 N–H and O–H groups in total. The number of aromatic carboxylic acids is 1. The van der Waals surface area contributed by atoms with Gasteiger partial charge in [-0.3, -0.25) is 4.79 Å². The van der Waals surface area contributed by atoms with Gasteiger partial charge in [0.25, 0.3) is 0 Å². The van der Waals surface area contributed by atoms with E-state index in [0.29, 0.717) is 22.6 Å². The number of ketones is 1. The predicted molar refractivity (Wildman–Crippen MR) is 69.0 cm³/mol. The Morgan fingerprint density at radius 1 is 1.35 bits per heavy atom. The second-order valence-corrected chi connectivity index (χ2v) is 4.21. The molecule has 0 atom stereocenters. The van der Waals surface area contributed by atoms with Crippen LogP contribution in [0, 0.1) is 6.92 Å². The minimum Gasteiger partial charge on any atom is -0.488 e. The first-order chi connectivity index (χ1) is 9.50. The molecule has 0 aliphatic heterocycles. The van der Waals surface area contributed by atoms with Crippen molar-refractivity contribution in [3.63, 3.8) is 0 Å². The lowest BCUT2D eigenvalue weighted by atomic mass is 10.1. The Bertz CT molecular complexity index is 659. The van der Waals surface area contributed by atoms with Crippen LogP contribution in [0.3, 0.4) is 0 Å². The van der Waals surface area contributed by atoms with Crippen molar-refractivity contribution < 1.29 is 24.0 Å². The van der Waals surface area contributed by atoms with Gasteiger partial charge in [-0.1, -0.05) is 17.3 Å². The van der Waals surface area contributed by atoms with Gasteiger partial charge < -0.3 is 14.4 Å². The highest BCUT2D eigenvalue weighted by molar-refractivity contribution is 5.96. The van der Waals surface area contributed by atoms with Crippen molar-refractivity contribution in [1.29, 1.82) is 0 Å². The fourth-order valence-corrected chi connectivity index (χ4v) is 1.76. The van der Waals surface area contributed by atoms with Gasteiger partial charge in [-0.15, -0.1) is 0 Å². The number of hydrogen-bond donors (Lipinski definition) is 1. The number of carbonyl (C=O) groups is 2. The fourth-order valence-electron chi connectivity index (χ4n) is 1.76. The Morgan fingerprint density at radius 2 is 2.05 bits per heavy atom. The zero-order valence-corrected chi connectivity index (χ0v) is 11.0. The minimum atomic E-state index is -1.18. The van der Waals surface area contributed by atoms with Crippen LogP contribution in [0.5, 0.6) is 5.75 Å². The van der Waals surface area contributed by atoms with Crippen molar-refractivity contribution in [2.45, 2.75) is 20.5 Å². The molecule has 0 unspecified atom stereocenters. The van der Waals surface area contributed by atoms with E-state index in [0.717, 1.165) is 0 Å². The Hall–Kier alpha value is -2.63. The Kier molecular flexibility index (Phi) is 3.84. The molecule has 0 bridgehead atoms. The number of hydrogen-bond acceptors (Lipinski definition) is 5. The van der Waals surface area contributed by atoms with Crippen LogP contribution in [0.4, 0.5) is 0 Å². The van der Waals surface area contributed by atoms with Crippen molar-refractivity contribution in [1.82, 2.24) is 5.16 Å². The highest BCUT2D eigenvalue weighted by Crippen LogP contribution is 2.22. The van der Waals surface area contributed by atoms with Crippen LogP contribution < -0.4 is 4.74 Å². The van der Waals surface area contributed by atoms with Crippen LogP contribution in [0.15, 0.2) is 28.8 Å². The molecule has 6 heteroatoms. The molecule has 1 aromatic heterocycles. The number of carbonyl (C=O) groups excluding carboxylic acids is 1. The normalized spacial score (nSPS) is 10.3. The lowest BCUT2D eigenvalue weighted by Gasteiger charge is -2.09. The summed E-state index contributed by atoms with van der Waals surface area (Å²) in [5.74, 6) is -0.527. The molecule has 6 nitrogen and oxygen atoms in total. The molecule has 0 saturated carbocycles. The van der Waals surface area contributed by atoms with Gasteiger partial charge in [0.1, 0.15) is 18.1 Å². The maximum atomic E-state index is 11.5. The molecule has 2 aromatic rings. The van der Waals surface area contributed by atoms with Crippen LogP contribution in [-0.2, 0) is 6.61 Å². The van der Waals surface area contributed by atoms with E-state index in [-0.39, 0.29) is 18.1 Å². The van der Waals surface area contributed by atoms with Gasteiger partial charge in [-0.25, -0.2) is 4.79 Å². The standard InChI is InChI=1S/C14H13NO5/c1-8(16)10-5-3-4-6-12(10)19-7-11-9(2)20-15-13(11)14(17)18/h3-6H,7H2,1-2H3,(H,17,18). The van der Waals surface area contributed by atoms with Crippen molar-refractivity contribution >= 4 is 11.8 Å². The quantitative estimate of drug-likeness (QED) is 0.843. The molecule has 0 spiro atoms. The summed E-state index contributed by atoms with van der Waals surface area (Å²) >= 11 is 0. The topological polar surface area (TPSA) is 89.6 Å². The van der Waals surface area contributed by atoms with Crippen LogP contribution in [0.1, 0.15) is 39.1 Å². The van der Waals surface area contributed by atoms with Crippen LogP contribution in [0.2, 0.25) is 0 Å². The number of carboxylic acid groups (broad SMARTS) is 1. The van der Waals surface area contributed by atoms with Gasteiger partial charge in [-0.2, -0.15) is 0 Å². The van der Waals surface area contributed by atoms with E-state index in [1.54, 1.807) is 31.2 Å². The number of carboxylic acids is 1. The number of nitrogens with zero attached hydrogens (tertiary/aromatic N) is 1. The summed E-state index contributed by atoms with van der Waals surface area (Å²) in [5.41, 5.74) is 0.622. The third-order valence-corrected chi connectivity index (χ3v) is 2.83. The molecular weight excluding hydrogens is 262 g/mol. The molecular formula is C14H13NO5. The van der Waals surface area contributed by atoms with Crippen LogP contribution >= 0.6 is 0 Å². The summed E-state index contributed by atoms with van der Waals surface area (Å²) in [7, 11) is 0. The second-order valence-electron chi connectivity index (χ2n) is 4.21. The number of aromatic nitrogens is 1. The summed E-state index contributed by atoms with van der Waals surface area (Å²) in [6.45, 7) is 3.02. The molecule has 20 heavy (non-hydrogen) atoms. The van der Waals surface area contributed by atoms with Crippen molar-refractivity contribution in [2.75, 3.05) is 0 Å². The molecule has 0 aliphatic rings. The predicted octanol–water partition coefficient (Wildman–Crippen LogP) is 2.46. The molecule has 0 aliphatic carbocycles. The summed E-state index contributed by atoms with van der Waals surface area (Å²) < 4.78 is 10.4. The monoisotopic (exact) mass is 275 g/mol. The number of benzene rings is 1. The Labute approximate surface area is 115 Å². The molecule has 2 rings (SSSR count). The third kappa shape index (κ3) is 2.69. The SMILES string of the molecule is CC(=O)c1ccccc1OCc1c(C(=O)O)noc1C. The van der Waals surface area contributed by atoms with Crippen LogP contribution in [-0.4, -0.2) is 22.0 Å². The number of para-hydroxylation sites is 1. The van der Waals surface area contributed by atoms with Gasteiger partial charge in [0.05, 0.1) is 11.1 Å². The van der Waals surface area contributed by atoms with E-state index >= 15 is 0 Å². The van der Waals surface area contributed by atoms with E-state index in [2.05, 4.69) is 5.16 Å². The van der Waals surface area contributed by atoms with Crippen molar-refractivity contribution in [2.24, 2.45) is 0 Å². The van der Waals surface area contributed by atoms with Gasteiger partial charge in [0, 0.05) is 0 Å². The second kappa shape index (κ2) is 5.56. The van der Waals surface area contributed by atoms with E-state index in [1.807, 2.05) is 0 Å². The zero-order valence-electron chi connectivity index (χ0n) is 11.0. The molecule has 0 amide bonds. The first-order valence-electron chi connectivity index (χ1n) is 5.92. The lowest BCUT2D eigenvalue weighted by Crippen LogP contribution is -2.07.